The molecule has 0 bridgehead atoms. The molecule has 3 heterocycles. The topological polar surface area (TPSA) is 92.7 Å². The highest BCUT2D eigenvalue weighted by Gasteiger charge is 2.25. The van der Waals surface area contributed by atoms with Crippen LogP contribution < -0.4 is 15.0 Å². The lowest BCUT2D eigenvalue weighted by molar-refractivity contribution is -0.0354. The Kier molecular flexibility index (Phi) is 7.93. The fourth-order valence-corrected chi connectivity index (χ4v) is 3.84. The molecular weight excluding hydrogens is 440 g/mol. The molecule has 9 nitrogen and oxygen atoms in total. The molecule has 4 rings (SSSR count). The first kappa shape index (κ1) is 24.5. The number of nitrogens with zero attached hydrogens (tertiary/aromatic N) is 5. The molecule has 0 aliphatic carbocycles. The number of rotatable bonds is 5. The van der Waals surface area contributed by atoms with Crippen LogP contribution >= 0.6 is 13.5 Å². The summed E-state index contributed by atoms with van der Waals surface area (Å²) in [6, 6.07) is 8.03. The molecule has 1 aliphatic heterocycles. The van der Waals surface area contributed by atoms with Gasteiger partial charge in [-0.05, 0) is 30.7 Å². The first-order valence-electron chi connectivity index (χ1n) is 10.6. The van der Waals surface area contributed by atoms with Crippen molar-refractivity contribution >= 4 is 36.2 Å². The number of hydrogen-bond donors (Lipinski definition) is 1. The minimum atomic E-state index is -0.250. The van der Waals surface area contributed by atoms with E-state index in [-0.39, 0.29) is 32.2 Å². The lowest BCUT2D eigenvalue weighted by Crippen LogP contribution is -2.50. The van der Waals surface area contributed by atoms with E-state index in [2.05, 4.69) is 39.2 Å². The van der Waals surface area contributed by atoms with Gasteiger partial charge in [-0.2, -0.15) is 13.5 Å². The van der Waals surface area contributed by atoms with E-state index in [9.17, 15) is 4.79 Å². The van der Waals surface area contributed by atoms with Crippen LogP contribution in [-0.2, 0) is 4.74 Å². The van der Waals surface area contributed by atoms with Gasteiger partial charge in [0, 0.05) is 51.3 Å². The van der Waals surface area contributed by atoms with Crippen molar-refractivity contribution in [1.29, 1.82) is 0 Å². The van der Waals surface area contributed by atoms with Crippen LogP contribution in [0.3, 0.4) is 0 Å². The Labute approximate surface area is 200 Å². The number of benzene rings is 1. The quantitative estimate of drug-likeness (QED) is 0.613. The number of aryl methyl sites for hydroxylation is 1. The molecule has 3 aromatic rings. The fraction of sp³-hybridized carbons (Fsp3) is 0.391. The van der Waals surface area contributed by atoms with Crippen molar-refractivity contribution in [3.8, 4) is 17.1 Å². The van der Waals surface area contributed by atoms with Crippen molar-refractivity contribution in [2.75, 3.05) is 52.3 Å². The standard InChI is InChI=1S/C23H28N6O3.H2S/c1-15-11-16(5-6-20(15)28(3)4)18-12-19-21(26-8-7-25-19)22(27-18)32-14-17-13-29(9-10-31-17)23(30)24-2;/h5-8,11-12,17H,9-10,13-14H2,1-4H3,(H,24,30);1H2/t17-;/m0./s1. The molecule has 0 unspecified atom stereocenters. The maximum atomic E-state index is 11.9. The summed E-state index contributed by atoms with van der Waals surface area (Å²) in [6.07, 6.45) is 3.03. The van der Waals surface area contributed by atoms with E-state index in [1.807, 2.05) is 26.2 Å². The molecule has 10 heteroatoms. The number of carbonyl (C=O) groups excluding carboxylic acids is 1. The van der Waals surface area contributed by atoms with Gasteiger partial charge < -0.3 is 24.6 Å². The highest BCUT2D eigenvalue weighted by Crippen LogP contribution is 2.30. The fourth-order valence-electron chi connectivity index (χ4n) is 3.84. The third kappa shape index (κ3) is 5.45. The Morgan fingerprint density at radius 1 is 1.27 bits per heavy atom. The van der Waals surface area contributed by atoms with E-state index in [0.29, 0.717) is 36.6 Å². The molecule has 1 atom stereocenters. The molecule has 2 amide bonds. The van der Waals surface area contributed by atoms with Gasteiger partial charge in [-0.1, -0.05) is 6.07 Å². The maximum absolute atomic E-state index is 11.9. The van der Waals surface area contributed by atoms with Crippen molar-refractivity contribution in [3.63, 3.8) is 0 Å². The molecule has 33 heavy (non-hydrogen) atoms. The second-order valence-corrected chi connectivity index (χ2v) is 7.94. The number of anilines is 1. The third-order valence-corrected chi connectivity index (χ3v) is 5.44. The van der Waals surface area contributed by atoms with Crippen LogP contribution in [0.15, 0.2) is 36.7 Å². The molecule has 0 radical (unpaired) electrons. The number of urea groups is 1. The Morgan fingerprint density at radius 2 is 2.06 bits per heavy atom. The number of nitrogens with one attached hydrogen (secondary N) is 1. The summed E-state index contributed by atoms with van der Waals surface area (Å²) >= 11 is 0. The Bertz CT molecular complexity index is 1130. The summed E-state index contributed by atoms with van der Waals surface area (Å²) in [5, 5.41) is 2.65. The lowest BCUT2D eigenvalue weighted by Gasteiger charge is -2.32. The summed E-state index contributed by atoms with van der Waals surface area (Å²) in [6.45, 7) is 3.81. The number of morpholine rings is 1. The van der Waals surface area contributed by atoms with E-state index in [0.717, 1.165) is 22.5 Å². The highest BCUT2D eigenvalue weighted by atomic mass is 32.1. The highest BCUT2D eigenvalue weighted by molar-refractivity contribution is 7.59. The minimum Gasteiger partial charge on any atom is -0.473 e. The molecule has 0 spiro atoms. The average Bonchev–Trinajstić information content (AvgIpc) is 2.81. The molecule has 1 aliphatic rings. The summed E-state index contributed by atoms with van der Waals surface area (Å²) in [4.78, 5) is 29.4. The predicted octanol–water partition coefficient (Wildman–Crippen LogP) is 2.60. The molecule has 1 N–H and O–H groups in total. The zero-order valence-corrected chi connectivity index (χ0v) is 20.3. The van der Waals surface area contributed by atoms with Crippen LogP contribution in [0.1, 0.15) is 5.56 Å². The van der Waals surface area contributed by atoms with Gasteiger partial charge in [0.1, 0.15) is 12.7 Å². The van der Waals surface area contributed by atoms with Gasteiger partial charge in [-0.15, -0.1) is 0 Å². The Morgan fingerprint density at radius 3 is 2.79 bits per heavy atom. The first-order valence-corrected chi connectivity index (χ1v) is 10.6. The van der Waals surface area contributed by atoms with E-state index in [1.54, 1.807) is 24.3 Å². The van der Waals surface area contributed by atoms with E-state index in [1.165, 1.54) is 0 Å². The summed E-state index contributed by atoms with van der Waals surface area (Å²) in [7, 11) is 5.67. The number of aromatic nitrogens is 3. The largest absolute Gasteiger partial charge is 0.473 e. The third-order valence-electron chi connectivity index (χ3n) is 5.44. The second kappa shape index (κ2) is 10.7. The van der Waals surface area contributed by atoms with Crippen LogP contribution in [0, 0.1) is 6.92 Å². The molecule has 176 valence electrons. The SMILES string of the molecule is CNC(=O)N1CCO[C@H](COc2nc(-c3ccc(N(C)C)c(C)c3)cc3nccnc23)C1.S. The zero-order chi connectivity index (χ0) is 22.7. The molecule has 1 aromatic carbocycles. The van der Waals surface area contributed by atoms with Crippen LogP contribution in [0.2, 0.25) is 0 Å². The number of fused-ring (bicyclic) bond motifs is 1. The monoisotopic (exact) mass is 470 g/mol. The lowest BCUT2D eigenvalue weighted by atomic mass is 10.1. The first-order chi connectivity index (χ1) is 15.5. The van der Waals surface area contributed by atoms with Crippen molar-refractivity contribution in [3.05, 3.63) is 42.2 Å². The van der Waals surface area contributed by atoms with Gasteiger partial charge in [0.2, 0.25) is 5.88 Å². The number of amides is 2. The van der Waals surface area contributed by atoms with Crippen LogP contribution in [-0.4, -0.2) is 79.4 Å². The van der Waals surface area contributed by atoms with E-state index >= 15 is 0 Å². The Hall–Kier alpha value is -3.11. The summed E-state index contributed by atoms with van der Waals surface area (Å²) in [5.74, 6) is 0.403. The molecule has 1 fully saturated rings. The van der Waals surface area contributed by atoms with Gasteiger partial charge in [0.25, 0.3) is 0 Å². The van der Waals surface area contributed by atoms with Crippen molar-refractivity contribution in [2.24, 2.45) is 0 Å². The zero-order valence-electron chi connectivity index (χ0n) is 19.3. The Balaban J connectivity index is 0.00000306. The van der Waals surface area contributed by atoms with Crippen molar-refractivity contribution < 1.29 is 14.3 Å². The predicted molar refractivity (Wildman–Crippen MR) is 133 cm³/mol. The normalized spacial score (nSPS) is 15.6. The number of ether oxygens (including phenoxy) is 2. The second-order valence-electron chi connectivity index (χ2n) is 7.94. The number of pyridine rings is 1. The number of carbonyl (C=O) groups is 1. The molecule has 0 saturated carbocycles. The molecule has 1 saturated heterocycles. The van der Waals surface area contributed by atoms with Gasteiger partial charge >= 0.3 is 6.03 Å². The van der Waals surface area contributed by atoms with Crippen molar-refractivity contribution in [1.82, 2.24) is 25.2 Å². The molecular formula is C23H30N6O3S. The van der Waals surface area contributed by atoms with E-state index in [4.69, 9.17) is 14.5 Å². The average molecular weight is 471 g/mol. The van der Waals surface area contributed by atoms with E-state index < -0.39 is 0 Å². The van der Waals surface area contributed by atoms with Gasteiger partial charge in [0.15, 0.2) is 5.52 Å². The summed E-state index contributed by atoms with van der Waals surface area (Å²) < 4.78 is 11.9. The summed E-state index contributed by atoms with van der Waals surface area (Å²) in [5.41, 5.74) is 5.35. The smallest absolute Gasteiger partial charge is 0.317 e. The van der Waals surface area contributed by atoms with Crippen molar-refractivity contribution in [2.45, 2.75) is 13.0 Å². The van der Waals surface area contributed by atoms with Gasteiger partial charge in [-0.3, -0.25) is 4.98 Å². The minimum absolute atomic E-state index is 0. The van der Waals surface area contributed by atoms with Crippen LogP contribution in [0.4, 0.5) is 10.5 Å². The van der Waals surface area contributed by atoms with Crippen LogP contribution in [0.5, 0.6) is 5.88 Å². The number of hydrogen-bond acceptors (Lipinski definition) is 7. The maximum Gasteiger partial charge on any atom is 0.317 e. The van der Waals surface area contributed by atoms with Crippen LogP contribution in [0.25, 0.3) is 22.3 Å². The van der Waals surface area contributed by atoms with Gasteiger partial charge in [0.05, 0.1) is 24.4 Å². The van der Waals surface area contributed by atoms with Gasteiger partial charge in [-0.25, -0.2) is 14.8 Å². The molecule has 2 aromatic heterocycles.